The van der Waals surface area contributed by atoms with Crippen LogP contribution in [-0.4, -0.2) is 12.2 Å². The third-order valence-electron chi connectivity index (χ3n) is 8.52. The van der Waals surface area contributed by atoms with Gasteiger partial charge < -0.3 is 0 Å². The van der Waals surface area contributed by atoms with E-state index in [1.54, 1.807) is 0 Å². The highest BCUT2D eigenvalue weighted by atomic mass is 31.2. The van der Waals surface area contributed by atoms with Crippen LogP contribution in [0.1, 0.15) is 80.1 Å². The van der Waals surface area contributed by atoms with Crippen molar-refractivity contribution < 1.29 is 13.6 Å². The van der Waals surface area contributed by atoms with E-state index in [1.807, 2.05) is 24.3 Å². The summed E-state index contributed by atoms with van der Waals surface area (Å²) in [7, 11) is -3.64. The van der Waals surface area contributed by atoms with Gasteiger partial charge in [0.05, 0.1) is 17.9 Å². The van der Waals surface area contributed by atoms with Gasteiger partial charge in [0.1, 0.15) is 0 Å². The standard InChI is InChI=1S/C30H46NO3P/c1-20(2)25-16-14-22(5)18-29(25)33-35(32,34-30-19-23(6)15-17-26(30)21(3)4)31-28-13-9-11-24-10-7-8-12-27(24)28/h7-13,20-23,25-26,29-30H,14-19H2,1-6H3,(H,31,32). The van der Waals surface area contributed by atoms with Crippen molar-refractivity contribution in [3.63, 3.8) is 0 Å². The summed E-state index contributed by atoms with van der Waals surface area (Å²) in [6.07, 6.45) is 6.39. The maximum atomic E-state index is 14.8. The van der Waals surface area contributed by atoms with Gasteiger partial charge in [-0.15, -0.1) is 0 Å². The number of fused-ring (bicyclic) bond motifs is 1. The van der Waals surface area contributed by atoms with Crippen LogP contribution in [0.25, 0.3) is 10.8 Å². The van der Waals surface area contributed by atoms with Crippen LogP contribution >= 0.6 is 7.75 Å². The Morgan fingerprint density at radius 2 is 1.29 bits per heavy atom. The molecule has 6 unspecified atom stereocenters. The number of nitrogens with one attached hydrogen (secondary N) is 1. The van der Waals surface area contributed by atoms with E-state index in [0.29, 0.717) is 35.5 Å². The van der Waals surface area contributed by atoms with Crippen LogP contribution in [0.15, 0.2) is 42.5 Å². The van der Waals surface area contributed by atoms with Crippen molar-refractivity contribution in [2.45, 2.75) is 92.3 Å². The van der Waals surface area contributed by atoms with Gasteiger partial charge in [0.2, 0.25) is 0 Å². The quantitative estimate of drug-likeness (QED) is 0.368. The van der Waals surface area contributed by atoms with Gasteiger partial charge in [-0.1, -0.05) is 90.8 Å². The summed E-state index contributed by atoms with van der Waals surface area (Å²) in [5, 5.41) is 5.50. The van der Waals surface area contributed by atoms with Crippen molar-refractivity contribution in [3.05, 3.63) is 42.5 Å². The summed E-state index contributed by atoms with van der Waals surface area (Å²) < 4.78 is 28.1. The molecular weight excluding hydrogens is 453 g/mol. The Kier molecular flexibility index (Phi) is 8.67. The maximum absolute atomic E-state index is 14.8. The van der Waals surface area contributed by atoms with E-state index in [9.17, 15) is 4.57 Å². The molecular formula is C30H46NO3P. The van der Waals surface area contributed by atoms with Gasteiger partial charge in [-0.3, -0.25) is 14.1 Å². The Balaban J connectivity index is 1.68. The van der Waals surface area contributed by atoms with Crippen molar-refractivity contribution in [2.75, 3.05) is 5.09 Å². The number of rotatable bonds is 8. The average molecular weight is 500 g/mol. The fourth-order valence-electron chi connectivity index (χ4n) is 6.38. The zero-order valence-electron chi connectivity index (χ0n) is 22.6. The van der Waals surface area contributed by atoms with Crippen molar-refractivity contribution in [1.82, 2.24) is 0 Å². The molecule has 0 aromatic heterocycles. The van der Waals surface area contributed by atoms with Gasteiger partial charge >= 0.3 is 7.75 Å². The molecule has 2 aliphatic rings. The van der Waals surface area contributed by atoms with E-state index in [1.165, 1.54) is 12.8 Å². The predicted octanol–water partition coefficient (Wildman–Crippen LogP) is 9.31. The summed E-state index contributed by atoms with van der Waals surface area (Å²) in [4.78, 5) is 0. The minimum absolute atomic E-state index is 0.0643. The molecule has 35 heavy (non-hydrogen) atoms. The molecule has 4 nitrogen and oxygen atoms in total. The second-order valence-corrected chi connectivity index (χ2v) is 13.7. The summed E-state index contributed by atoms with van der Waals surface area (Å²) in [6, 6.07) is 14.3. The molecule has 2 saturated carbocycles. The van der Waals surface area contributed by atoms with Gasteiger partial charge in [-0.25, -0.2) is 4.57 Å². The van der Waals surface area contributed by atoms with Gasteiger partial charge in [0, 0.05) is 5.39 Å². The first-order valence-corrected chi connectivity index (χ1v) is 15.4. The molecule has 4 rings (SSSR count). The van der Waals surface area contributed by atoms with Crippen LogP contribution in [0.2, 0.25) is 0 Å². The molecule has 0 saturated heterocycles. The van der Waals surface area contributed by atoms with Crippen molar-refractivity contribution in [1.29, 1.82) is 0 Å². The van der Waals surface area contributed by atoms with E-state index < -0.39 is 7.75 Å². The molecule has 0 spiro atoms. The molecule has 194 valence electrons. The summed E-state index contributed by atoms with van der Waals surface area (Å²) >= 11 is 0. The van der Waals surface area contributed by atoms with Crippen LogP contribution in [0.3, 0.4) is 0 Å². The second kappa shape index (κ2) is 11.4. The SMILES string of the molecule is CC1CCC(C(C)C)C(OP(=O)(Nc2cccc3ccccc23)OC2CC(C)CCC2C(C)C)C1. The zero-order chi connectivity index (χ0) is 25.2. The van der Waals surface area contributed by atoms with E-state index in [0.717, 1.165) is 42.1 Å². The molecule has 0 radical (unpaired) electrons. The Labute approximate surface area is 213 Å². The van der Waals surface area contributed by atoms with Crippen LogP contribution in [-0.2, 0) is 13.6 Å². The number of benzene rings is 2. The molecule has 5 heteroatoms. The van der Waals surface area contributed by atoms with E-state index in [-0.39, 0.29) is 12.2 Å². The first-order valence-electron chi connectivity index (χ1n) is 13.9. The number of hydrogen-bond donors (Lipinski definition) is 1. The average Bonchev–Trinajstić information content (AvgIpc) is 2.79. The molecule has 6 atom stereocenters. The minimum atomic E-state index is -3.64. The Morgan fingerprint density at radius 3 is 1.83 bits per heavy atom. The first-order chi connectivity index (χ1) is 16.6. The van der Waals surface area contributed by atoms with E-state index >= 15 is 0 Å². The van der Waals surface area contributed by atoms with Crippen LogP contribution in [0.4, 0.5) is 5.69 Å². The largest absolute Gasteiger partial charge is 0.433 e. The Hall–Kier alpha value is -1.35. The smallest absolute Gasteiger partial charge is 0.292 e. The lowest BCUT2D eigenvalue weighted by molar-refractivity contribution is -0.00187. The van der Waals surface area contributed by atoms with Crippen LogP contribution < -0.4 is 5.09 Å². The fourth-order valence-corrected chi connectivity index (χ4v) is 8.22. The molecule has 0 bridgehead atoms. The van der Waals surface area contributed by atoms with Crippen molar-refractivity contribution >= 4 is 24.2 Å². The molecule has 1 N–H and O–H groups in total. The van der Waals surface area contributed by atoms with Crippen molar-refractivity contribution in [2.24, 2.45) is 35.5 Å². The summed E-state index contributed by atoms with van der Waals surface area (Å²) in [5.41, 5.74) is 0.821. The van der Waals surface area contributed by atoms with E-state index in [2.05, 4.69) is 64.8 Å². The molecule has 2 aliphatic carbocycles. The van der Waals surface area contributed by atoms with Gasteiger partial charge in [0.25, 0.3) is 0 Å². The minimum Gasteiger partial charge on any atom is -0.292 e. The van der Waals surface area contributed by atoms with Gasteiger partial charge in [-0.2, -0.15) is 0 Å². The fraction of sp³-hybridized carbons (Fsp3) is 0.667. The van der Waals surface area contributed by atoms with E-state index in [4.69, 9.17) is 9.05 Å². The highest BCUT2D eigenvalue weighted by Gasteiger charge is 2.42. The van der Waals surface area contributed by atoms with Gasteiger partial charge in [0.15, 0.2) is 0 Å². The monoisotopic (exact) mass is 499 g/mol. The molecule has 2 fully saturated rings. The molecule has 2 aromatic carbocycles. The lowest BCUT2D eigenvalue weighted by Gasteiger charge is -2.41. The highest BCUT2D eigenvalue weighted by molar-refractivity contribution is 7.55. The zero-order valence-corrected chi connectivity index (χ0v) is 23.5. The third-order valence-corrected chi connectivity index (χ3v) is 10.1. The second-order valence-electron chi connectivity index (χ2n) is 12.1. The first kappa shape index (κ1) is 26.7. The molecule has 2 aromatic rings. The molecule has 0 amide bonds. The highest BCUT2D eigenvalue weighted by Crippen LogP contribution is 2.56. The summed E-state index contributed by atoms with van der Waals surface area (Å²) in [6.45, 7) is 13.6. The topological polar surface area (TPSA) is 47.6 Å². The molecule has 0 heterocycles. The Bertz CT molecular complexity index is 978. The predicted molar refractivity (Wildman–Crippen MR) is 148 cm³/mol. The number of anilines is 1. The van der Waals surface area contributed by atoms with Crippen LogP contribution in [0, 0.1) is 35.5 Å². The van der Waals surface area contributed by atoms with Gasteiger partial charge in [-0.05, 0) is 72.6 Å². The van der Waals surface area contributed by atoms with Crippen LogP contribution in [0.5, 0.6) is 0 Å². The normalized spacial score (nSPS) is 31.5. The summed E-state index contributed by atoms with van der Waals surface area (Å²) in [5.74, 6) is 2.89. The molecule has 0 aliphatic heterocycles. The lowest BCUT2D eigenvalue weighted by Crippen LogP contribution is -2.37. The third kappa shape index (κ3) is 6.51. The lowest BCUT2D eigenvalue weighted by atomic mass is 9.75. The van der Waals surface area contributed by atoms with Crippen molar-refractivity contribution in [3.8, 4) is 0 Å². The maximum Gasteiger partial charge on any atom is 0.433 e. The number of hydrogen-bond acceptors (Lipinski definition) is 3. The Morgan fingerprint density at radius 1 is 0.771 bits per heavy atom.